The van der Waals surface area contributed by atoms with Gasteiger partial charge in [-0.15, -0.1) is 11.3 Å². The summed E-state index contributed by atoms with van der Waals surface area (Å²) >= 11 is 1.31. The van der Waals surface area contributed by atoms with Crippen molar-refractivity contribution in [3.8, 4) is 5.13 Å². The Bertz CT molecular complexity index is 1430. The zero-order valence-electron chi connectivity index (χ0n) is 17.4. The molecule has 1 aliphatic rings. The van der Waals surface area contributed by atoms with Crippen molar-refractivity contribution in [3.63, 3.8) is 0 Å². The second-order valence-corrected chi connectivity index (χ2v) is 8.54. The van der Waals surface area contributed by atoms with Gasteiger partial charge in [0.25, 0.3) is 0 Å². The molecule has 2 N–H and O–H groups in total. The van der Waals surface area contributed by atoms with Gasteiger partial charge in [0.05, 0.1) is 11.3 Å². The molecule has 10 nitrogen and oxygen atoms in total. The summed E-state index contributed by atoms with van der Waals surface area (Å²) < 4.78 is 1.53. The molecule has 1 amide bonds. The van der Waals surface area contributed by atoms with Crippen LogP contribution in [-0.4, -0.2) is 49.6 Å². The quantitative estimate of drug-likeness (QED) is 0.462. The first-order valence-corrected chi connectivity index (χ1v) is 11.0. The number of hydrogen-bond acceptors (Lipinski definition) is 8. The lowest BCUT2D eigenvalue weighted by molar-refractivity contribution is -0.120. The maximum absolute atomic E-state index is 12.9. The van der Waals surface area contributed by atoms with Crippen molar-refractivity contribution in [3.05, 3.63) is 69.6 Å². The number of hydrogen-bond donors (Lipinski definition) is 2. The number of pyridine rings is 3. The molecule has 1 aliphatic heterocycles. The van der Waals surface area contributed by atoms with Crippen molar-refractivity contribution in [2.24, 2.45) is 5.92 Å². The highest BCUT2D eigenvalue weighted by Gasteiger charge is 2.34. The minimum Gasteiger partial charge on any atom is -0.477 e. The Labute approximate surface area is 191 Å². The lowest BCUT2D eigenvalue weighted by atomic mass is 9.98. The van der Waals surface area contributed by atoms with Gasteiger partial charge in [0.2, 0.25) is 11.3 Å². The van der Waals surface area contributed by atoms with Crippen LogP contribution in [-0.2, 0) is 4.79 Å². The average molecular weight is 462 g/mol. The van der Waals surface area contributed by atoms with Gasteiger partial charge in [-0.3, -0.25) is 14.2 Å². The van der Waals surface area contributed by atoms with E-state index >= 15 is 0 Å². The van der Waals surface area contributed by atoms with E-state index in [1.165, 1.54) is 22.1 Å². The van der Waals surface area contributed by atoms with Crippen molar-refractivity contribution >= 4 is 45.9 Å². The number of rotatable bonds is 5. The Morgan fingerprint density at radius 3 is 2.70 bits per heavy atom. The van der Waals surface area contributed by atoms with Crippen molar-refractivity contribution in [2.75, 3.05) is 23.3 Å². The SMILES string of the molecule is Cc1cc(N2CC(C(=O)Nc3ccccn3)C2)nc2c1c(=O)c(C(=O)O)cn2-c1nccs1. The van der Waals surface area contributed by atoms with E-state index in [1.54, 1.807) is 49.0 Å². The molecule has 0 atom stereocenters. The van der Waals surface area contributed by atoms with Gasteiger partial charge < -0.3 is 15.3 Å². The number of fused-ring (bicyclic) bond motifs is 1. The van der Waals surface area contributed by atoms with E-state index < -0.39 is 11.4 Å². The fourth-order valence-corrected chi connectivity index (χ4v) is 4.39. The van der Waals surface area contributed by atoms with Gasteiger partial charge in [-0.25, -0.2) is 19.7 Å². The number of aromatic nitrogens is 4. The van der Waals surface area contributed by atoms with Crippen LogP contribution in [0.25, 0.3) is 16.2 Å². The van der Waals surface area contributed by atoms with Gasteiger partial charge in [0.15, 0.2) is 10.8 Å². The van der Waals surface area contributed by atoms with Crippen LogP contribution in [0.4, 0.5) is 11.6 Å². The van der Waals surface area contributed by atoms with Crippen LogP contribution in [0.3, 0.4) is 0 Å². The van der Waals surface area contributed by atoms with Crippen LogP contribution in [0.15, 0.2) is 53.0 Å². The van der Waals surface area contributed by atoms with E-state index in [1.807, 2.05) is 4.90 Å². The first-order valence-electron chi connectivity index (χ1n) is 10.1. The number of carbonyl (C=O) groups is 2. The Morgan fingerprint density at radius 2 is 2.03 bits per heavy atom. The Hall–Kier alpha value is -4.12. The standard InChI is InChI=1S/C22H18N6O4S/c1-12-8-16(27-9-13(10-27)20(30)25-15-4-2-3-5-23-15)26-19-17(12)18(29)14(21(31)32)11-28(19)22-24-6-7-33-22/h2-8,11,13H,9-10H2,1H3,(H,31,32)(H,23,25,30). The number of carbonyl (C=O) groups excluding carboxylic acids is 1. The van der Waals surface area contributed by atoms with Gasteiger partial charge in [0, 0.05) is 37.1 Å². The maximum atomic E-state index is 12.9. The number of carboxylic acid groups (broad SMARTS) is 1. The molecule has 4 aromatic rings. The van der Waals surface area contributed by atoms with E-state index in [2.05, 4.69) is 20.3 Å². The first-order chi connectivity index (χ1) is 15.9. The van der Waals surface area contributed by atoms with Crippen molar-refractivity contribution < 1.29 is 14.7 Å². The smallest absolute Gasteiger partial charge is 0.341 e. The molecule has 1 fully saturated rings. The lowest BCUT2D eigenvalue weighted by Crippen LogP contribution is -2.52. The highest BCUT2D eigenvalue weighted by atomic mass is 32.1. The average Bonchev–Trinajstić information content (AvgIpc) is 3.28. The minimum absolute atomic E-state index is 0.117. The highest BCUT2D eigenvalue weighted by molar-refractivity contribution is 7.12. The van der Waals surface area contributed by atoms with E-state index in [9.17, 15) is 19.5 Å². The van der Waals surface area contributed by atoms with Crippen molar-refractivity contribution in [1.82, 2.24) is 19.5 Å². The topological polar surface area (TPSA) is 130 Å². The lowest BCUT2D eigenvalue weighted by Gasteiger charge is -2.39. The van der Waals surface area contributed by atoms with E-state index in [-0.39, 0.29) is 22.8 Å². The van der Waals surface area contributed by atoms with E-state index in [4.69, 9.17) is 0 Å². The second-order valence-electron chi connectivity index (χ2n) is 7.66. The van der Waals surface area contributed by atoms with E-state index in [0.717, 1.165) is 0 Å². The number of aryl methyl sites for hydroxylation is 1. The molecular formula is C22H18N6O4S. The first kappa shape index (κ1) is 20.8. The number of anilines is 2. The Kier molecular flexibility index (Phi) is 5.09. The minimum atomic E-state index is -1.31. The molecule has 33 heavy (non-hydrogen) atoms. The van der Waals surface area contributed by atoms with Gasteiger partial charge >= 0.3 is 5.97 Å². The molecule has 1 saturated heterocycles. The predicted molar refractivity (Wildman–Crippen MR) is 123 cm³/mol. The van der Waals surface area contributed by atoms with Crippen LogP contribution >= 0.6 is 11.3 Å². The Morgan fingerprint density at radius 1 is 1.21 bits per heavy atom. The maximum Gasteiger partial charge on any atom is 0.341 e. The summed E-state index contributed by atoms with van der Waals surface area (Å²) in [5, 5.41) is 14.8. The molecule has 166 valence electrons. The molecule has 0 aliphatic carbocycles. The number of aromatic carboxylic acids is 1. The summed E-state index contributed by atoms with van der Waals surface area (Å²) in [6.45, 7) is 2.67. The fraction of sp³-hybridized carbons (Fsp3) is 0.182. The summed E-state index contributed by atoms with van der Waals surface area (Å²) in [5.41, 5.74) is 0.00904. The highest BCUT2D eigenvalue weighted by Crippen LogP contribution is 2.28. The summed E-state index contributed by atoms with van der Waals surface area (Å²) in [7, 11) is 0. The second kappa shape index (κ2) is 8.10. The summed E-state index contributed by atoms with van der Waals surface area (Å²) in [4.78, 5) is 52.0. The van der Waals surface area contributed by atoms with Crippen LogP contribution in [0.1, 0.15) is 15.9 Å². The Balaban J connectivity index is 1.48. The largest absolute Gasteiger partial charge is 0.477 e. The van der Waals surface area contributed by atoms with Crippen LogP contribution in [0.2, 0.25) is 0 Å². The van der Waals surface area contributed by atoms with Gasteiger partial charge in [-0.05, 0) is 30.7 Å². The zero-order valence-corrected chi connectivity index (χ0v) is 18.2. The number of thiazole rings is 1. The molecule has 11 heteroatoms. The molecule has 0 saturated carbocycles. The molecule has 0 spiro atoms. The third kappa shape index (κ3) is 3.72. The molecule has 0 aromatic carbocycles. The van der Waals surface area contributed by atoms with Gasteiger partial charge in [-0.1, -0.05) is 6.07 Å². The van der Waals surface area contributed by atoms with Gasteiger partial charge in [-0.2, -0.15) is 0 Å². The summed E-state index contributed by atoms with van der Waals surface area (Å²) in [6, 6.07) is 7.05. The van der Waals surface area contributed by atoms with Crippen LogP contribution < -0.4 is 15.6 Å². The molecule has 0 radical (unpaired) electrons. The van der Waals surface area contributed by atoms with Gasteiger partial charge in [0.1, 0.15) is 17.2 Å². The molecule has 5 rings (SSSR count). The normalized spacial score (nSPS) is 13.7. The number of amides is 1. The molecule has 4 aromatic heterocycles. The van der Waals surface area contributed by atoms with E-state index in [0.29, 0.717) is 41.1 Å². The molecular weight excluding hydrogens is 444 g/mol. The van der Waals surface area contributed by atoms with Crippen molar-refractivity contribution in [2.45, 2.75) is 6.92 Å². The predicted octanol–water partition coefficient (Wildman–Crippen LogP) is 2.32. The summed E-state index contributed by atoms with van der Waals surface area (Å²) in [6.07, 6.45) is 4.48. The summed E-state index contributed by atoms with van der Waals surface area (Å²) in [5.74, 6) is -0.536. The van der Waals surface area contributed by atoms with Crippen LogP contribution in [0.5, 0.6) is 0 Å². The number of nitrogens with zero attached hydrogens (tertiary/aromatic N) is 5. The third-order valence-electron chi connectivity index (χ3n) is 5.49. The monoisotopic (exact) mass is 462 g/mol. The third-order valence-corrected chi connectivity index (χ3v) is 6.26. The molecule has 0 bridgehead atoms. The van der Waals surface area contributed by atoms with Crippen LogP contribution in [0, 0.1) is 12.8 Å². The fourth-order valence-electron chi connectivity index (χ4n) is 3.77. The van der Waals surface area contributed by atoms with Crippen molar-refractivity contribution in [1.29, 1.82) is 0 Å². The molecule has 5 heterocycles. The number of carboxylic acids is 1. The number of nitrogens with one attached hydrogen (secondary N) is 1. The zero-order chi connectivity index (χ0) is 23.1. The molecule has 0 unspecified atom stereocenters.